The van der Waals surface area contributed by atoms with Crippen LogP contribution in [0.1, 0.15) is 125 Å². The Balaban J connectivity index is 1.25. The Bertz CT molecular complexity index is 831. The third kappa shape index (κ3) is 4.54. The molecule has 35 heavy (non-hydrogen) atoms. The van der Waals surface area contributed by atoms with E-state index in [4.69, 9.17) is 4.74 Å². The summed E-state index contributed by atoms with van der Waals surface area (Å²) in [6.45, 7) is 13.2. The van der Waals surface area contributed by atoms with E-state index < -0.39 is 0 Å². The second-order valence-corrected chi connectivity index (χ2v) is 15.2. The molecule has 198 valence electrons. The van der Waals surface area contributed by atoms with Crippen LogP contribution in [-0.2, 0) is 14.3 Å². The molecule has 5 rings (SSSR count). The Morgan fingerprint density at radius 2 is 1.49 bits per heavy atom. The molecule has 0 radical (unpaired) electrons. The molecular weight excluding hydrogens is 432 g/mol. The molecule has 5 aliphatic carbocycles. The largest absolute Gasteiger partial charge is 0.462 e. The van der Waals surface area contributed by atoms with Gasteiger partial charge in [-0.1, -0.05) is 41.0 Å². The summed E-state index contributed by atoms with van der Waals surface area (Å²) in [6.07, 6.45) is 16.2. The lowest BCUT2D eigenvalue weighted by Gasteiger charge is -2.63. The number of ketones is 1. The highest BCUT2D eigenvalue weighted by atomic mass is 16.5. The third-order valence-corrected chi connectivity index (χ3v) is 12.5. The number of fused-ring (bicyclic) bond motifs is 7. The zero-order valence-electron chi connectivity index (χ0n) is 23.5. The molecule has 3 nitrogen and oxygen atoms in total. The molecule has 0 aromatic heterocycles. The first-order valence-electron chi connectivity index (χ1n) is 15.1. The molecule has 5 saturated carbocycles. The van der Waals surface area contributed by atoms with Gasteiger partial charge in [0.2, 0.25) is 0 Å². The maximum Gasteiger partial charge on any atom is 0.306 e. The van der Waals surface area contributed by atoms with Crippen LogP contribution in [0.4, 0.5) is 0 Å². The lowest BCUT2D eigenvalue weighted by atomic mass is 9.42. The molecular formula is C32H52O3. The molecule has 0 amide bonds. The minimum Gasteiger partial charge on any atom is -0.462 e. The second-order valence-electron chi connectivity index (χ2n) is 15.2. The van der Waals surface area contributed by atoms with Gasteiger partial charge in [0.1, 0.15) is 11.9 Å². The summed E-state index contributed by atoms with van der Waals surface area (Å²) in [4.78, 5) is 24.5. The van der Waals surface area contributed by atoms with Crippen LogP contribution in [0, 0.1) is 57.7 Å². The number of hydrogen-bond donors (Lipinski definition) is 0. The molecule has 5 fully saturated rings. The Morgan fingerprint density at radius 3 is 2.20 bits per heavy atom. The summed E-state index contributed by atoms with van der Waals surface area (Å²) in [6, 6.07) is 0. The van der Waals surface area contributed by atoms with Gasteiger partial charge in [0.15, 0.2) is 0 Å². The van der Waals surface area contributed by atoms with Gasteiger partial charge < -0.3 is 9.53 Å². The number of carbonyl (C=O) groups is 2. The van der Waals surface area contributed by atoms with Gasteiger partial charge in [-0.3, -0.25) is 4.79 Å². The smallest absolute Gasteiger partial charge is 0.306 e. The Labute approximate surface area is 214 Å². The van der Waals surface area contributed by atoms with Crippen LogP contribution in [0.5, 0.6) is 0 Å². The average molecular weight is 485 g/mol. The van der Waals surface area contributed by atoms with Crippen molar-refractivity contribution in [1.82, 2.24) is 0 Å². The van der Waals surface area contributed by atoms with Gasteiger partial charge in [-0.2, -0.15) is 0 Å². The number of esters is 1. The van der Waals surface area contributed by atoms with E-state index in [-0.39, 0.29) is 23.3 Å². The van der Waals surface area contributed by atoms with E-state index >= 15 is 0 Å². The van der Waals surface area contributed by atoms with Gasteiger partial charge in [-0.05, 0) is 129 Å². The molecule has 0 aliphatic heterocycles. The van der Waals surface area contributed by atoms with Gasteiger partial charge in [0.25, 0.3) is 0 Å². The number of carbonyl (C=O) groups excluding carboxylic acids is 2. The first-order chi connectivity index (χ1) is 16.4. The fourth-order valence-electron chi connectivity index (χ4n) is 11.1. The van der Waals surface area contributed by atoms with E-state index in [0.29, 0.717) is 35.5 Å². The summed E-state index contributed by atoms with van der Waals surface area (Å²) in [5, 5.41) is 0. The van der Waals surface area contributed by atoms with E-state index in [1.54, 1.807) is 6.92 Å². The molecule has 0 aromatic rings. The number of hydrogen-bond acceptors (Lipinski definition) is 3. The van der Waals surface area contributed by atoms with Gasteiger partial charge in [-0.25, -0.2) is 0 Å². The molecule has 3 heteroatoms. The van der Waals surface area contributed by atoms with E-state index in [1.807, 2.05) is 13.8 Å². The molecule has 10 atom stereocenters. The molecule has 0 aromatic carbocycles. The maximum atomic E-state index is 12.9. The summed E-state index contributed by atoms with van der Waals surface area (Å²) in [7, 11) is 0. The highest BCUT2D eigenvalue weighted by Crippen LogP contribution is 2.67. The molecule has 0 bridgehead atoms. The van der Waals surface area contributed by atoms with Crippen molar-refractivity contribution in [2.75, 3.05) is 0 Å². The van der Waals surface area contributed by atoms with Crippen LogP contribution >= 0.6 is 0 Å². The first-order valence-corrected chi connectivity index (χ1v) is 15.1. The number of rotatable bonds is 5. The highest BCUT2D eigenvalue weighted by Gasteiger charge is 2.60. The van der Waals surface area contributed by atoms with Crippen molar-refractivity contribution in [3.63, 3.8) is 0 Å². The van der Waals surface area contributed by atoms with Crippen LogP contribution in [0.15, 0.2) is 0 Å². The van der Waals surface area contributed by atoms with E-state index in [1.165, 1.54) is 64.2 Å². The molecule has 10 unspecified atom stereocenters. The Hall–Kier alpha value is -0.860. The van der Waals surface area contributed by atoms with Crippen molar-refractivity contribution in [3.8, 4) is 0 Å². The van der Waals surface area contributed by atoms with Crippen molar-refractivity contribution in [2.24, 2.45) is 57.7 Å². The monoisotopic (exact) mass is 484 g/mol. The quantitative estimate of drug-likeness (QED) is 0.371. The molecule has 0 N–H and O–H groups in total. The maximum absolute atomic E-state index is 12.9. The average Bonchev–Trinajstić information content (AvgIpc) is 3.16. The lowest BCUT2D eigenvalue weighted by molar-refractivity contribution is -0.177. The molecule has 0 heterocycles. The summed E-state index contributed by atoms with van der Waals surface area (Å²) in [5.74, 6) is 5.98. The molecule has 5 aliphatic rings. The highest BCUT2D eigenvalue weighted by molar-refractivity contribution is 5.78. The summed E-state index contributed by atoms with van der Waals surface area (Å²) >= 11 is 0. The molecule has 0 spiro atoms. The van der Waals surface area contributed by atoms with Crippen LogP contribution in [0.3, 0.4) is 0 Å². The zero-order valence-corrected chi connectivity index (χ0v) is 23.5. The zero-order chi connectivity index (χ0) is 25.2. The second kappa shape index (κ2) is 9.16. The summed E-state index contributed by atoms with van der Waals surface area (Å²) < 4.78 is 6.15. The van der Waals surface area contributed by atoms with Crippen LogP contribution < -0.4 is 0 Å². The minimum atomic E-state index is -0.318. The van der Waals surface area contributed by atoms with Gasteiger partial charge in [-0.15, -0.1) is 0 Å². The van der Waals surface area contributed by atoms with Crippen LogP contribution in [-0.4, -0.2) is 17.9 Å². The van der Waals surface area contributed by atoms with Crippen molar-refractivity contribution >= 4 is 11.8 Å². The van der Waals surface area contributed by atoms with E-state index in [9.17, 15) is 9.59 Å². The van der Waals surface area contributed by atoms with Crippen LogP contribution in [0.2, 0.25) is 0 Å². The van der Waals surface area contributed by atoms with Gasteiger partial charge >= 0.3 is 5.97 Å². The van der Waals surface area contributed by atoms with E-state index in [2.05, 4.69) is 20.8 Å². The Kier molecular flexibility index (Phi) is 6.74. The van der Waals surface area contributed by atoms with Crippen molar-refractivity contribution in [2.45, 2.75) is 131 Å². The first kappa shape index (κ1) is 25.8. The normalized spacial score (nSPS) is 47.1. The predicted molar refractivity (Wildman–Crippen MR) is 141 cm³/mol. The van der Waals surface area contributed by atoms with Crippen LogP contribution in [0.25, 0.3) is 0 Å². The van der Waals surface area contributed by atoms with E-state index in [0.717, 1.165) is 36.0 Å². The summed E-state index contributed by atoms with van der Waals surface area (Å²) in [5.41, 5.74) is 0.756. The fourth-order valence-corrected chi connectivity index (χ4v) is 11.1. The standard InChI is InChI=1S/C32H52O3/c1-20(33)18-30(3,4)19-29(34)35-28-14-17-32(6)25(21(28)2)11-9-24-22-13-16-31(5)15-7-8-26(31)23(22)10-12-27(24)32/h21-28H,7-19H2,1-6H3. The third-order valence-electron chi connectivity index (χ3n) is 12.5. The number of Topliss-reactive ketones (excluding diaryl/α,β-unsaturated/α-hetero) is 1. The van der Waals surface area contributed by atoms with Crippen molar-refractivity contribution < 1.29 is 14.3 Å². The minimum absolute atomic E-state index is 0.0514. The van der Waals surface area contributed by atoms with Crippen molar-refractivity contribution in [3.05, 3.63) is 0 Å². The lowest BCUT2D eigenvalue weighted by Crippen LogP contribution is -2.57. The number of ether oxygens (including phenoxy) is 1. The van der Waals surface area contributed by atoms with Crippen molar-refractivity contribution in [1.29, 1.82) is 0 Å². The Morgan fingerprint density at radius 1 is 0.800 bits per heavy atom. The van der Waals surface area contributed by atoms with Gasteiger partial charge in [0, 0.05) is 6.42 Å². The molecule has 0 saturated heterocycles. The SMILES string of the molecule is CC(=O)CC(C)(C)CC(=O)OC1CCC2(C)C(CCC3C4CCC5(C)CCCC5C4CCC32)C1C. The fraction of sp³-hybridized carbons (Fsp3) is 0.938. The topological polar surface area (TPSA) is 43.4 Å². The van der Waals surface area contributed by atoms with Gasteiger partial charge in [0.05, 0.1) is 6.42 Å². The predicted octanol–water partition coefficient (Wildman–Crippen LogP) is 8.00.